The van der Waals surface area contributed by atoms with Gasteiger partial charge in [0.2, 0.25) is 11.8 Å². The highest BCUT2D eigenvalue weighted by atomic mass is 19.1. The Kier molecular flexibility index (Phi) is 6.26. The number of aryl methyl sites for hydroxylation is 1. The van der Waals surface area contributed by atoms with Crippen LogP contribution in [-0.4, -0.2) is 16.8 Å². The van der Waals surface area contributed by atoms with Crippen molar-refractivity contribution in [3.63, 3.8) is 0 Å². The highest BCUT2D eigenvalue weighted by Gasteiger charge is 2.15. The Morgan fingerprint density at radius 2 is 1.41 bits per heavy atom. The summed E-state index contributed by atoms with van der Waals surface area (Å²) in [5, 5.41) is 0.986. The quantitative estimate of drug-likeness (QED) is 0.394. The van der Waals surface area contributed by atoms with Crippen LogP contribution < -0.4 is 10.9 Å². The van der Waals surface area contributed by atoms with E-state index in [0.29, 0.717) is 12.0 Å². The molecule has 1 aromatic heterocycles. The van der Waals surface area contributed by atoms with E-state index in [4.69, 9.17) is 0 Å². The van der Waals surface area contributed by atoms with Crippen LogP contribution in [0.15, 0.2) is 72.8 Å². The van der Waals surface area contributed by atoms with Crippen molar-refractivity contribution in [2.24, 2.45) is 0 Å². The predicted molar refractivity (Wildman–Crippen MR) is 118 cm³/mol. The van der Waals surface area contributed by atoms with Gasteiger partial charge < -0.3 is 4.98 Å². The first-order chi connectivity index (χ1) is 15.5. The molecular formula is C25H21F2N3O2. The molecule has 0 spiro atoms. The van der Waals surface area contributed by atoms with Gasteiger partial charge in [-0.05, 0) is 65.6 Å². The van der Waals surface area contributed by atoms with Gasteiger partial charge in [0.25, 0.3) is 0 Å². The average molecular weight is 433 g/mol. The fourth-order valence-corrected chi connectivity index (χ4v) is 3.59. The average Bonchev–Trinajstić information content (AvgIpc) is 3.17. The molecule has 32 heavy (non-hydrogen) atoms. The number of carbonyl (C=O) groups is 2. The number of hydrogen-bond acceptors (Lipinski definition) is 2. The number of amides is 2. The van der Waals surface area contributed by atoms with E-state index in [-0.39, 0.29) is 30.4 Å². The lowest BCUT2D eigenvalue weighted by atomic mass is 10.0. The molecule has 0 radical (unpaired) electrons. The number of nitrogens with one attached hydrogen (secondary N) is 3. The molecule has 7 heteroatoms. The lowest BCUT2D eigenvalue weighted by Crippen LogP contribution is -2.42. The molecule has 3 N–H and O–H groups in total. The molecule has 0 aliphatic carbocycles. The third-order valence-electron chi connectivity index (χ3n) is 5.17. The number of hydrazine groups is 1. The summed E-state index contributed by atoms with van der Waals surface area (Å²) in [6.07, 6.45) is 0.598. The summed E-state index contributed by atoms with van der Waals surface area (Å²) in [5.74, 6) is -1.43. The van der Waals surface area contributed by atoms with Crippen LogP contribution in [0.5, 0.6) is 0 Å². The number of para-hydroxylation sites is 1. The number of aromatic amines is 1. The molecule has 0 atom stereocenters. The van der Waals surface area contributed by atoms with Crippen LogP contribution in [0.1, 0.15) is 17.5 Å². The van der Waals surface area contributed by atoms with Crippen molar-refractivity contribution < 1.29 is 18.4 Å². The van der Waals surface area contributed by atoms with Crippen molar-refractivity contribution in [3.05, 3.63) is 95.6 Å². The minimum Gasteiger partial charge on any atom is -0.354 e. The summed E-state index contributed by atoms with van der Waals surface area (Å²) < 4.78 is 26.3. The molecule has 4 aromatic rings. The number of benzene rings is 3. The van der Waals surface area contributed by atoms with Gasteiger partial charge in [-0.1, -0.05) is 30.3 Å². The van der Waals surface area contributed by atoms with E-state index in [9.17, 15) is 18.4 Å². The van der Waals surface area contributed by atoms with Crippen molar-refractivity contribution in [3.8, 4) is 11.3 Å². The summed E-state index contributed by atoms with van der Waals surface area (Å²) in [6, 6.07) is 19.5. The zero-order valence-corrected chi connectivity index (χ0v) is 17.1. The van der Waals surface area contributed by atoms with Gasteiger partial charge in [-0.3, -0.25) is 20.4 Å². The number of halogens is 2. The summed E-state index contributed by atoms with van der Waals surface area (Å²) in [5.41, 5.74) is 8.97. The van der Waals surface area contributed by atoms with Crippen LogP contribution in [0.2, 0.25) is 0 Å². The number of aromatic nitrogens is 1. The Bertz CT molecular complexity index is 1250. The van der Waals surface area contributed by atoms with E-state index in [1.807, 2.05) is 24.3 Å². The molecule has 0 aliphatic heterocycles. The monoisotopic (exact) mass is 433 g/mol. The predicted octanol–water partition coefficient (Wildman–Crippen LogP) is 4.44. The first-order valence-corrected chi connectivity index (χ1v) is 10.2. The molecule has 3 aromatic carbocycles. The summed E-state index contributed by atoms with van der Waals surface area (Å²) in [4.78, 5) is 27.7. The van der Waals surface area contributed by atoms with Gasteiger partial charge in [0, 0.05) is 23.0 Å². The second kappa shape index (κ2) is 9.43. The van der Waals surface area contributed by atoms with Gasteiger partial charge >= 0.3 is 0 Å². The number of hydrogen-bond donors (Lipinski definition) is 3. The third kappa shape index (κ3) is 5.00. The zero-order valence-electron chi connectivity index (χ0n) is 17.1. The second-order valence-corrected chi connectivity index (χ2v) is 7.43. The standard InChI is InChI=1S/C25H21F2N3O2/c26-18-9-5-16(6-10-18)15-24(32)30-29-23(31)14-13-21-20-3-1-2-4-22(20)28-25(21)17-7-11-19(27)12-8-17/h1-12,28H,13-15H2,(H,29,31)(H,30,32). The van der Waals surface area contributed by atoms with Crippen molar-refractivity contribution in [2.75, 3.05) is 0 Å². The maximum atomic E-state index is 13.4. The summed E-state index contributed by atoms with van der Waals surface area (Å²) in [7, 11) is 0. The molecular weight excluding hydrogens is 412 g/mol. The first kappa shape index (κ1) is 21.2. The fraction of sp³-hybridized carbons (Fsp3) is 0.120. The Morgan fingerprint density at radius 1 is 0.781 bits per heavy atom. The fourth-order valence-electron chi connectivity index (χ4n) is 3.59. The first-order valence-electron chi connectivity index (χ1n) is 10.2. The largest absolute Gasteiger partial charge is 0.354 e. The van der Waals surface area contributed by atoms with E-state index in [1.165, 1.54) is 36.4 Å². The maximum Gasteiger partial charge on any atom is 0.242 e. The van der Waals surface area contributed by atoms with Crippen molar-refractivity contribution >= 4 is 22.7 Å². The minimum absolute atomic E-state index is 0.0255. The Hall–Kier alpha value is -4.00. The number of H-pyrrole nitrogens is 1. The van der Waals surface area contributed by atoms with Crippen molar-refractivity contribution in [1.82, 2.24) is 15.8 Å². The Balaban J connectivity index is 1.40. The summed E-state index contributed by atoms with van der Waals surface area (Å²) >= 11 is 0. The Morgan fingerprint density at radius 3 is 2.12 bits per heavy atom. The van der Waals surface area contributed by atoms with Gasteiger partial charge in [-0.25, -0.2) is 8.78 Å². The second-order valence-electron chi connectivity index (χ2n) is 7.43. The lowest BCUT2D eigenvalue weighted by molar-refractivity contribution is -0.128. The van der Waals surface area contributed by atoms with Gasteiger partial charge in [0.1, 0.15) is 11.6 Å². The van der Waals surface area contributed by atoms with Crippen LogP contribution >= 0.6 is 0 Å². The minimum atomic E-state index is -0.399. The van der Waals surface area contributed by atoms with Gasteiger partial charge in [0.05, 0.1) is 6.42 Å². The maximum absolute atomic E-state index is 13.4. The molecule has 0 saturated heterocycles. The smallest absolute Gasteiger partial charge is 0.242 e. The molecule has 0 unspecified atom stereocenters. The molecule has 1 heterocycles. The van der Waals surface area contributed by atoms with Crippen LogP contribution in [0.4, 0.5) is 8.78 Å². The van der Waals surface area contributed by atoms with Gasteiger partial charge in [-0.2, -0.15) is 0 Å². The van der Waals surface area contributed by atoms with E-state index in [0.717, 1.165) is 27.7 Å². The van der Waals surface area contributed by atoms with Crippen molar-refractivity contribution in [1.29, 1.82) is 0 Å². The molecule has 4 rings (SSSR count). The SMILES string of the molecule is O=C(CCc1c(-c2ccc(F)cc2)[nH]c2ccccc12)NNC(=O)Cc1ccc(F)cc1. The molecule has 2 amide bonds. The normalized spacial score (nSPS) is 10.8. The Labute approximate surface area is 183 Å². The lowest BCUT2D eigenvalue weighted by Gasteiger charge is -2.09. The van der Waals surface area contributed by atoms with Gasteiger partial charge in [-0.15, -0.1) is 0 Å². The van der Waals surface area contributed by atoms with Crippen LogP contribution in [0.25, 0.3) is 22.2 Å². The van der Waals surface area contributed by atoms with E-state index >= 15 is 0 Å². The van der Waals surface area contributed by atoms with Gasteiger partial charge in [0.15, 0.2) is 0 Å². The van der Waals surface area contributed by atoms with E-state index < -0.39 is 5.91 Å². The molecule has 5 nitrogen and oxygen atoms in total. The zero-order chi connectivity index (χ0) is 22.5. The molecule has 0 bridgehead atoms. The molecule has 0 aliphatic rings. The summed E-state index contributed by atoms with van der Waals surface area (Å²) in [6.45, 7) is 0. The highest BCUT2D eigenvalue weighted by molar-refractivity contribution is 5.91. The third-order valence-corrected chi connectivity index (χ3v) is 5.17. The van der Waals surface area contributed by atoms with Crippen LogP contribution in [-0.2, 0) is 22.4 Å². The molecule has 0 fully saturated rings. The van der Waals surface area contributed by atoms with Crippen molar-refractivity contribution in [2.45, 2.75) is 19.3 Å². The number of rotatable bonds is 6. The number of carbonyl (C=O) groups excluding carboxylic acids is 2. The topological polar surface area (TPSA) is 74.0 Å². The van der Waals surface area contributed by atoms with Crippen LogP contribution in [0.3, 0.4) is 0 Å². The van der Waals surface area contributed by atoms with E-state index in [1.54, 1.807) is 12.1 Å². The van der Waals surface area contributed by atoms with E-state index in [2.05, 4.69) is 15.8 Å². The number of fused-ring (bicyclic) bond motifs is 1. The highest BCUT2D eigenvalue weighted by Crippen LogP contribution is 2.31. The van der Waals surface area contributed by atoms with Crippen LogP contribution in [0, 0.1) is 11.6 Å². The molecule has 0 saturated carbocycles. The molecule has 162 valence electrons.